The fourth-order valence-corrected chi connectivity index (χ4v) is 3.46. The minimum absolute atomic E-state index is 0.0309. The Balaban J connectivity index is 2.04. The molecule has 1 aliphatic rings. The smallest absolute Gasteiger partial charge is 0.320 e. The summed E-state index contributed by atoms with van der Waals surface area (Å²) in [6, 6.07) is 11.0. The van der Waals surface area contributed by atoms with Crippen LogP contribution in [0.4, 0.5) is 10.1 Å². The fourth-order valence-electron chi connectivity index (χ4n) is 2.48. The molecule has 0 spiro atoms. The average molecular weight is 364 g/mol. The van der Waals surface area contributed by atoms with E-state index in [1.807, 2.05) is 0 Å². The molecule has 8 heteroatoms. The largest absolute Gasteiger partial charge is 0.497 e. The van der Waals surface area contributed by atoms with Crippen LogP contribution in [0.1, 0.15) is 25.0 Å². The first-order valence-electron chi connectivity index (χ1n) is 7.47. The van der Waals surface area contributed by atoms with Gasteiger partial charge >= 0.3 is 10.1 Å². The lowest BCUT2D eigenvalue weighted by Crippen LogP contribution is -2.40. The predicted octanol–water partition coefficient (Wildman–Crippen LogP) is 3.20. The highest BCUT2D eigenvalue weighted by molar-refractivity contribution is 7.88. The molecule has 132 valence electrons. The number of methoxy groups -OCH3 is 1. The Kier molecular flexibility index (Phi) is 4.16. The lowest BCUT2D eigenvalue weighted by molar-refractivity contribution is 0.415. The first kappa shape index (κ1) is 17.2. The Morgan fingerprint density at radius 1 is 1.16 bits per heavy atom. The molecule has 6 nitrogen and oxygen atoms in total. The third-order valence-corrected chi connectivity index (χ3v) is 5.91. The summed E-state index contributed by atoms with van der Waals surface area (Å²) in [5, 5.41) is 3.96. The van der Waals surface area contributed by atoms with Crippen LogP contribution in [0.25, 0.3) is 0 Å². The summed E-state index contributed by atoms with van der Waals surface area (Å²) in [4.78, 5) is 0. The molecule has 0 aromatic heterocycles. The molecule has 0 fully saturated rings. The standard InChI is InChI=1S/C17H17FN2O4S/c1-17(2)13-5-4-6-14(18)15(13)16(24-25(17,21)22)20-19-11-7-9-12(23-3)10-8-11/h4-10,19H,1-3H3/b20-16-. The van der Waals surface area contributed by atoms with Crippen molar-refractivity contribution in [1.29, 1.82) is 0 Å². The van der Waals surface area contributed by atoms with Gasteiger partial charge in [-0.25, -0.2) is 4.39 Å². The number of nitrogens with zero attached hydrogens (tertiary/aromatic N) is 1. The van der Waals surface area contributed by atoms with Crippen molar-refractivity contribution in [3.8, 4) is 5.75 Å². The Labute approximate surface area is 145 Å². The number of rotatable bonds is 3. The van der Waals surface area contributed by atoms with Crippen LogP contribution in [0, 0.1) is 5.82 Å². The van der Waals surface area contributed by atoms with Gasteiger partial charge in [-0.3, -0.25) is 5.43 Å². The molecule has 0 saturated heterocycles. The van der Waals surface area contributed by atoms with Crippen molar-refractivity contribution in [3.63, 3.8) is 0 Å². The normalized spacial score (nSPS) is 19.0. The molecule has 0 amide bonds. The number of nitrogens with one attached hydrogen (secondary N) is 1. The van der Waals surface area contributed by atoms with Crippen molar-refractivity contribution in [2.24, 2.45) is 5.10 Å². The molecule has 0 unspecified atom stereocenters. The first-order chi connectivity index (χ1) is 11.8. The summed E-state index contributed by atoms with van der Waals surface area (Å²) in [7, 11) is -2.47. The number of halogens is 1. The summed E-state index contributed by atoms with van der Waals surface area (Å²) in [6.45, 7) is 2.93. The van der Waals surface area contributed by atoms with E-state index in [1.54, 1.807) is 37.4 Å². The van der Waals surface area contributed by atoms with Gasteiger partial charge in [0.15, 0.2) is 0 Å². The molecule has 0 aliphatic carbocycles. The van der Waals surface area contributed by atoms with Gasteiger partial charge in [-0.15, -0.1) is 5.10 Å². The van der Waals surface area contributed by atoms with Gasteiger partial charge in [0, 0.05) is 0 Å². The minimum atomic E-state index is -4.01. The Morgan fingerprint density at radius 2 is 1.84 bits per heavy atom. The van der Waals surface area contributed by atoms with Gasteiger partial charge in [0.1, 0.15) is 16.3 Å². The van der Waals surface area contributed by atoms with Crippen LogP contribution in [0.5, 0.6) is 5.75 Å². The van der Waals surface area contributed by atoms with Crippen molar-refractivity contribution in [2.75, 3.05) is 12.5 Å². The van der Waals surface area contributed by atoms with Gasteiger partial charge < -0.3 is 8.92 Å². The van der Waals surface area contributed by atoms with Crippen LogP contribution in [0.15, 0.2) is 47.6 Å². The number of hydrogen-bond donors (Lipinski definition) is 1. The number of anilines is 1. The molecule has 1 aliphatic heterocycles. The highest BCUT2D eigenvalue weighted by atomic mass is 32.2. The molecule has 2 aromatic carbocycles. The second-order valence-corrected chi connectivity index (χ2v) is 8.06. The fraction of sp³-hybridized carbons (Fsp3) is 0.235. The summed E-state index contributed by atoms with van der Waals surface area (Å²) < 4.78 is 47.9. The Morgan fingerprint density at radius 3 is 2.48 bits per heavy atom. The molecule has 0 atom stereocenters. The number of ether oxygens (including phenoxy) is 1. The van der Waals surface area contributed by atoms with Gasteiger partial charge in [-0.1, -0.05) is 12.1 Å². The van der Waals surface area contributed by atoms with Gasteiger partial charge in [-0.2, -0.15) is 8.42 Å². The van der Waals surface area contributed by atoms with Crippen molar-refractivity contribution in [3.05, 3.63) is 59.4 Å². The lowest BCUT2D eigenvalue weighted by atomic mass is 9.95. The van der Waals surface area contributed by atoms with Crippen molar-refractivity contribution in [1.82, 2.24) is 0 Å². The lowest BCUT2D eigenvalue weighted by Gasteiger charge is -2.32. The molecule has 25 heavy (non-hydrogen) atoms. The number of hydrogen-bond acceptors (Lipinski definition) is 6. The third-order valence-electron chi connectivity index (χ3n) is 4.07. The topological polar surface area (TPSA) is 77.0 Å². The molecule has 1 N–H and O–H groups in total. The minimum Gasteiger partial charge on any atom is -0.497 e. The quantitative estimate of drug-likeness (QED) is 0.668. The van der Waals surface area contributed by atoms with E-state index < -0.39 is 20.7 Å². The number of fused-ring (bicyclic) bond motifs is 1. The maximum atomic E-state index is 14.3. The molecule has 0 bridgehead atoms. The second-order valence-electron chi connectivity index (χ2n) is 5.97. The summed E-state index contributed by atoms with van der Waals surface area (Å²) in [6.07, 6.45) is 0. The maximum absolute atomic E-state index is 14.3. The van der Waals surface area contributed by atoms with Crippen molar-refractivity contribution < 1.29 is 21.7 Å². The summed E-state index contributed by atoms with van der Waals surface area (Å²) in [5.41, 5.74) is 3.57. The van der Waals surface area contributed by atoms with Crippen LogP contribution >= 0.6 is 0 Å². The van der Waals surface area contributed by atoms with Crippen LogP contribution in [-0.4, -0.2) is 21.4 Å². The van der Waals surface area contributed by atoms with Gasteiger partial charge in [-0.05, 0) is 49.7 Å². The number of benzene rings is 2. The van der Waals surface area contributed by atoms with E-state index >= 15 is 0 Å². The van der Waals surface area contributed by atoms with Crippen LogP contribution in [0.3, 0.4) is 0 Å². The third kappa shape index (κ3) is 2.93. The van der Waals surface area contributed by atoms with E-state index in [4.69, 9.17) is 8.92 Å². The van der Waals surface area contributed by atoms with E-state index in [9.17, 15) is 12.8 Å². The van der Waals surface area contributed by atoms with E-state index in [2.05, 4.69) is 10.5 Å². The van der Waals surface area contributed by atoms with Crippen LogP contribution in [0.2, 0.25) is 0 Å². The van der Waals surface area contributed by atoms with E-state index in [0.29, 0.717) is 17.0 Å². The Bertz CT molecular complexity index is 938. The molecular formula is C17H17FN2O4S. The van der Waals surface area contributed by atoms with Crippen molar-refractivity contribution >= 4 is 21.7 Å². The molecule has 1 heterocycles. The zero-order valence-corrected chi connectivity index (χ0v) is 14.7. The van der Waals surface area contributed by atoms with E-state index in [-0.39, 0.29) is 11.5 Å². The van der Waals surface area contributed by atoms with Crippen molar-refractivity contribution in [2.45, 2.75) is 18.6 Å². The predicted molar refractivity (Wildman–Crippen MR) is 92.6 cm³/mol. The monoisotopic (exact) mass is 364 g/mol. The molecule has 0 radical (unpaired) electrons. The van der Waals surface area contributed by atoms with Gasteiger partial charge in [0.25, 0.3) is 5.90 Å². The van der Waals surface area contributed by atoms with Gasteiger partial charge in [0.2, 0.25) is 0 Å². The first-order valence-corrected chi connectivity index (χ1v) is 8.88. The summed E-state index contributed by atoms with van der Waals surface area (Å²) >= 11 is 0. The van der Waals surface area contributed by atoms with Gasteiger partial charge in [0.05, 0.1) is 18.4 Å². The molecule has 0 saturated carbocycles. The highest BCUT2D eigenvalue weighted by Gasteiger charge is 2.47. The molecule has 3 rings (SSSR count). The second kappa shape index (κ2) is 6.03. The molecule has 2 aromatic rings. The SMILES string of the molecule is COc1ccc(N/N=C2\OS(=O)(=O)C(C)(C)c3cccc(F)c32)cc1. The average Bonchev–Trinajstić information content (AvgIpc) is 2.58. The van der Waals surface area contributed by atoms with Crippen LogP contribution < -0.4 is 10.2 Å². The van der Waals surface area contributed by atoms with Crippen LogP contribution in [-0.2, 0) is 19.0 Å². The summed E-state index contributed by atoms with van der Waals surface area (Å²) in [5.74, 6) is -0.271. The molecular weight excluding hydrogens is 347 g/mol. The number of hydrazone groups is 1. The Hall–Kier alpha value is -2.61. The van der Waals surface area contributed by atoms with E-state index in [0.717, 1.165) is 0 Å². The highest BCUT2D eigenvalue weighted by Crippen LogP contribution is 2.39. The zero-order chi connectivity index (χ0) is 18.2. The van der Waals surface area contributed by atoms with E-state index in [1.165, 1.54) is 26.0 Å². The maximum Gasteiger partial charge on any atom is 0.320 e. The zero-order valence-electron chi connectivity index (χ0n) is 13.9.